The third-order valence-electron chi connectivity index (χ3n) is 17.8. The number of hydrogen-bond acceptors (Lipinski definition) is 15. The molecule has 2 unspecified atom stereocenters. The van der Waals surface area contributed by atoms with Gasteiger partial charge >= 0.3 is 39.5 Å². The molecular formula is C76H148O17P2. The van der Waals surface area contributed by atoms with Gasteiger partial charge in [0, 0.05) is 25.7 Å². The lowest BCUT2D eigenvalue weighted by atomic mass is 10.0. The van der Waals surface area contributed by atoms with E-state index in [0.717, 1.165) is 95.8 Å². The zero-order chi connectivity index (χ0) is 69.8. The molecule has 0 aliphatic heterocycles. The molecule has 3 N–H and O–H groups in total. The Morgan fingerprint density at radius 1 is 0.284 bits per heavy atom. The number of aliphatic hydroxyl groups excluding tert-OH is 1. The van der Waals surface area contributed by atoms with Gasteiger partial charge < -0.3 is 33.8 Å². The molecule has 564 valence electrons. The number of unbranched alkanes of at least 4 members (excludes halogenated alkanes) is 48. The van der Waals surface area contributed by atoms with Gasteiger partial charge in [-0.05, 0) is 31.6 Å². The second-order valence-electron chi connectivity index (χ2n) is 27.9. The molecule has 17 nitrogen and oxygen atoms in total. The van der Waals surface area contributed by atoms with Crippen LogP contribution in [0.1, 0.15) is 401 Å². The lowest BCUT2D eigenvalue weighted by Gasteiger charge is -2.21. The molecule has 0 aromatic carbocycles. The van der Waals surface area contributed by atoms with E-state index in [9.17, 15) is 43.2 Å². The van der Waals surface area contributed by atoms with E-state index in [4.69, 9.17) is 37.0 Å². The van der Waals surface area contributed by atoms with Crippen LogP contribution in [-0.4, -0.2) is 96.7 Å². The van der Waals surface area contributed by atoms with Crippen LogP contribution in [-0.2, 0) is 65.4 Å². The van der Waals surface area contributed by atoms with Gasteiger partial charge in [0.15, 0.2) is 12.2 Å². The Labute approximate surface area is 581 Å². The smallest absolute Gasteiger partial charge is 0.462 e. The first kappa shape index (κ1) is 93.1. The molecule has 0 amide bonds. The minimum absolute atomic E-state index is 0.108. The second kappa shape index (κ2) is 69.2. The number of hydrogen-bond donors (Lipinski definition) is 3. The Morgan fingerprint density at radius 3 is 0.716 bits per heavy atom. The summed E-state index contributed by atoms with van der Waals surface area (Å²) in [5.41, 5.74) is 0. The van der Waals surface area contributed by atoms with Crippen LogP contribution in [0.2, 0.25) is 0 Å². The van der Waals surface area contributed by atoms with E-state index in [1.807, 2.05) is 0 Å². The number of ether oxygens (including phenoxy) is 4. The SMILES string of the molecule is CCCCCCCCCCCCCCCCCCCCCCCC(=O)O[C@H](COC(=O)CCCCCCCCCCCC(C)C)COP(=O)(O)OC[C@@H](O)COP(=O)(O)OC[C@@H](COC(=O)CCCCCCCCCCCC)OC(=O)CCCCCCCCCCCCCC. The number of esters is 4. The van der Waals surface area contributed by atoms with Gasteiger partial charge in [-0.1, -0.05) is 349 Å². The van der Waals surface area contributed by atoms with Gasteiger partial charge in [-0.2, -0.15) is 0 Å². The van der Waals surface area contributed by atoms with Crippen LogP contribution in [0.4, 0.5) is 0 Å². The topological polar surface area (TPSA) is 237 Å². The maximum absolute atomic E-state index is 13.1. The highest BCUT2D eigenvalue weighted by atomic mass is 31.2. The van der Waals surface area contributed by atoms with E-state index >= 15 is 0 Å². The highest BCUT2D eigenvalue weighted by Crippen LogP contribution is 2.45. The fraction of sp³-hybridized carbons (Fsp3) is 0.947. The predicted octanol–water partition coefficient (Wildman–Crippen LogP) is 22.5. The van der Waals surface area contributed by atoms with Gasteiger partial charge in [0.25, 0.3) is 0 Å². The van der Waals surface area contributed by atoms with Crippen molar-refractivity contribution >= 4 is 39.5 Å². The van der Waals surface area contributed by atoms with E-state index < -0.39 is 97.5 Å². The molecule has 0 heterocycles. The van der Waals surface area contributed by atoms with E-state index in [1.54, 1.807) is 0 Å². The Morgan fingerprint density at radius 2 is 0.484 bits per heavy atom. The summed E-state index contributed by atoms with van der Waals surface area (Å²) in [5, 5.41) is 10.6. The fourth-order valence-electron chi connectivity index (χ4n) is 11.7. The summed E-state index contributed by atoms with van der Waals surface area (Å²) < 4.78 is 68.5. The van der Waals surface area contributed by atoms with Crippen molar-refractivity contribution in [1.29, 1.82) is 0 Å². The van der Waals surface area contributed by atoms with Crippen molar-refractivity contribution in [3.63, 3.8) is 0 Å². The molecule has 19 heteroatoms. The number of phosphoric acid groups is 2. The van der Waals surface area contributed by atoms with Gasteiger partial charge in [-0.15, -0.1) is 0 Å². The third kappa shape index (κ3) is 70.3. The van der Waals surface area contributed by atoms with Crippen molar-refractivity contribution in [2.45, 2.75) is 419 Å². The maximum Gasteiger partial charge on any atom is 0.472 e. The van der Waals surface area contributed by atoms with Gasteiger partial charge in [0.05, 0.1) is 26.4 Å². The summed E-state index contributed by atoms with van der Waals surface area (Å²) in [4.78, 5) is 72.7. The zero-order valence-electron chi connectivity index (χ0n) is 61.8. The molecule has 0 aromatic rings. The maximum atomic E-state index is 13.1. The Kier molecular flexibility index (Phi) is 67.7. The lowest BCUT2D eigenvalue weighted by Crippen LogP contribution is -2.30. The van der Waals surface area contributed by atoms with Crippen molar-refractivity contribution < 1.29 is 80.2 Å². The molecule has 0 saturated heterocycles. The molecule has 0 saturated carbocycles. The molecule has 95 heavy (non-hydrogen) atoms. The van der Waals surface area contributed by atoms with E-state index in [-0.39, 0.29) is 25.7 Å². The van der Waals surface area contributed by atoms with Crippen molar-refractivity contribution in [3.05, 3.63) is 0 Å². The predicted molar refractivity (Wildman–Crippen MR) is 386 cm³/mol. The van der Waals surface area contributed by atoms with E-state index in [1.165, 1.54) is 225 Å². The van der Waals surface area contributed by atoms with E-state index in [2.05, 4.69) is 34.6 Å². The molecular weight excluding hydrogens is 1250 g/mol. The van der Waals surface area contributed by atoms with Crippen LogP contribution in [0.25, 0.3) is 0 Å². The summed E-state index contributed by atoms with van der Waals surface area (Å²) >= 11 is 0. The first-order chi connectivity index (χ1) is 46.0. The van der Waals surface area contributed by atoms with Crippen LogP contribution >= 0.6 is 15.6 Å². The largest absolute Gasteiger partial charge is 0.472 e. The fourth-order valence-corrected chi connectivity index (χ4v) is 13.3. The standard InChI is InChI=1S/C76H148O17P2/c1-6-9-12-15-18-21-24-26-27-28-29-30-31-32-33-34-36-41-47-52-57-62-76(81)93-72(66-87-74(79)60-55-50-45-42-37-38-43-48-53-58-69(4)5)68-91-95(84,85)89-64-70(77)63-88-94(82,83)90-67-71(65-86-73(78)59-54-49-44-39-23-20-17-14-11-8-3)92-75(80)61-56-51-46-40-35-25-22-19-16-13-10-7-2/h69-72,77H,6-68H2,1-5H3,(H,82,83)(H,84,85)/t70-,71+,72+/m0/s1. The molecule has 5 atom stereocenters. The Balaban J connectivity index is 5.18. The molecule has 0 aliphatic carbocycles. The summed E-state index contributed by atoms with van der Waals surface area (Å²) in [7, 11) is -9.91. The summed E-state index contributed by atoms with van der Waals surface area (Å²) in [6.07, 6.45) is 58.3. The van der Waals surface area contributed by atoms with Crippen LogP contribution < -0.4 is 0 Å². The monoisotopic (exact) mass is 1400 g/mol. The Hall–Kier alpha value is -1.94. The zero-order valence-corrected chi connectivity index (χ0v) is 63.6. The molecule has 0 aromatic heterocycles. The molecule has 0 spiro atoms. The first-order valence-electron chi connectivity index (χ1n) is 39.6. The average molecular weight is 1400 g/mol. The minimum Gasteiger partial charge on any atom is -0.462 e. The van der Waals surface area contributed by atoms with Gasteiger partial charge in [-0.25, -0.2) is 9.13 Å². The molecule has 0 radical (unpaired) electrons. The number of aliphatic hydroxyl groups is 1. The molecule has 0 fully saturated rings. The summed E-state index contributed by atoms with van der Waals surface area (Å²) in [6, 6.07) is 0. The summed E-state index contributed by atoms with van der Waals surface area (Å²) in [6.45, 7) is 7.26. The van der Waals surface area contributed by atoms with Crippen LogP contribution in [0, 0.1) is 5.92 Å². The normalized spacial score (nSPS) is 13.9. The molecule has 0 bridgehead atoms. The number of phosphoric ester groups is 2. The quantitative estimate of drug-likeness (QED) is 0.0222. The van der Waals surface area contributed by atoms with E-state index in [0.29, 0.717) is 25.7 Å². The van der Waals surface area contributed by atoms with Crippen molar-refractivity contribution in [3.8, 4) is 0 Å². The van der Waals surface area contributed by atoms with Gasteiger partial charge in [0.1, 0.15) is 19.3 Å². The van der Waals surface area contributed by atoms with Crippen molar-refractivity contribution in [2.24, 2.45) is 5.92 Å². The van der Waals surface area contributed by atoms with Gasteiger partial charge in [-0.3, -0.25) is 37.3 Å². The van der Waals surface area contributed by atoms with Gasteiger partial charge in [0.2, 0.25) is 0 Å². The highest BCUT2D eigenvalue weighted by Gasteiger charge is 2.30. The number of rotatable bonds is 76. The van der Waals surface area contributed by atoms with Crippen LogP contribution in [0.15, 0.2) is 0 Å². The number of carbonyl (C=O) groups excluding carboxylic acids is 4. The highest BCUT2D eigenvalue weighted by molar-refractivity contribution is 7.47. The van der Waals surface area contributed by atoms with Crippen molar-refractivity contribution in [1.82, 2.24) is 0 Å². The van der Waals surface area contributed by atoms with Crippen molar-refractivity contribution in [2.75, 3.05) is 39.6 Å². The van der Waals surface area contributed by atoms with Crippen LogP contribution in [0.5, 0.6) is 0 Å². The third-order valence-corrected chi connectivity index (χ3v) is 19.7. The lowest BCUT2D eigenvalue weighted by molar-refractivity contribution is -0.161. The molecule has 0 rings (SSSR count). The van der Waals surface area contributed by atoms with Crippen LogP contribution in [0.3, 0.4) is 0 Å². The first-order valence-corrected chi connectivity index (χ1v) is 42.6. The Bertz CT molecular complexity index is 1820. The minimum atomic E-state index is -4.96. The number of carbonyl (C=O) groups is 4. The summed E-state index contributed by atoms with van der Waals surface area (Å²) in [5.74, 6) is -1.37. The second-order valence-corrected chi connectivity index (χ2v) is 30.8. The molecule has 0 aliphatic rings. The average Bonchev–Trinajstić information content (AvgIpc) is 1.63.